The summed E-state index contributed by atoms with van der Waals surface area (Å²) in [5.41, 5.74) is 0. The minimum Gasteiger partial charge on any atom is -0.339 e. The van der Waals surface area contributed by atoms with Crippen LogP contribution in [0.15, 0.2) is 17.8 Å². The van der Waals surface area contributed by atoms with E-state index in [1.165, 1.54) is 18.2 Å². The summed E-state index contributed by atoms with van der Waals surface area (Å²) in [5.74, 6) is 1.48. The summed E-state index contributed by atoms with van der Waals surface area (Å²) in [6, 6.07) is 0.365. The van der Waals surface area contributed by atoms with E-state index in [2.05, 4.69) is 23.7 Å². The molecule has 1 aromatic rings. The summed E-state index contributed by atoms with van der Waals surface area (Å²) in [6.45, 7) is 9.34. The highest BCUT2D eigenvalue weighted by atomic mass is 32.2. The fourth-order valence-electron chi connectivity index (χ4n) is 2.49. The Morgan fingerprint density at radius 3 is 3.00 bits per heavy atom. The monoisotopic (exact) mass is 294 g/mol. The Balaban J connectivity index is 1.94. The van der Waals surface area contributed by atoms with Crippen molar-refractivity contribution in [2.24, 2.45) is 0 Å². The summed E-state index contributed by atoms with van der Waals surface area (Å²) in [5, 5.41) is 8.98. The molecule has 0 saturated carbocycles. The molecule has 2 heterocycles. The van der Waals surface area contributed by atoms with E-state index in [1.54, 1.807) is 0 Å². The standard InChI is InChI=1S/C14H22N4OS/c1-4-8-18-12(3)15-16-14(18)20-10-13(19)17-9-6-5-7-11(17)2/h4,11H,1,5-10H2,2-3H3. The maximum Gasteiger partial charge on any atom is 0.233 e. The van der Waals surface area contributed by atoms with Gasteiger partial charge in [0.1, 0.15) is 5.82 Å². The first kappa shape index (κ1) is 15.1. The molecule has 1 aliphatic rings. The van der Waals surface area contributed by atoms with Gasteiger partial charge in [0.25, 0.3) is 0 Å². The number of allylic oxidation sites excluding steroid dienone is 1. The smallest absolute Gasteiger partial charge is 0.233 e. The molecule has 1 aliphatic heterocycles. The molecule has 0 N–H and O–H groups in total. The lowest BCUT2D eigenvalue weighted by Crippen LogP contribution is -2.43. The second-order valence-corrected chi connectivity index (χ2v) is 6.09. The molecule has 1 aromatic heterocycles. The minimum atomic E-state index is 0.202. The predicted octanol–water partition coefficient (Wildman–Crippen LogP) is 2.27. The fourth-order valence-corrected chi connectivity index (χ4v) is 3.36. The summed E-state index contributed by atoms with van der Waals surface area (Å²) in [7, 11) is 0. The van der Waals surface area contributed by atoms with Crippen LogP contribution in [0.5, 0.6) is 0 Å². The lowest BCUT2D eigenvalue weighted by Gasteiger charge is -2.33. The number of likely N-dealkylation sites (tertiary alicyclic amines) is 1. The molecule has 5 nitrogen and oxygen atoms in total. The van der Waals surface area contributed by atoms with Crippen molar-refractivity contribution in [1.29, 1.82) is 0 Å². The predicted molar refractivity (Wildman–Crippen MR) is 80.7 cm³/mol. The van der Waals surface area contributed by atoms with Gasteiger partial charge in [-0.3, -0.25) is 4.79 Å². The number of piperidine rings is 1. The zero-order valence-electron chi connectivity index (χ0n) is 12.2. The van der Waals surface area contributed by atoms with E-state index in [-0.39, 0.29) is 5.91 Å². The van der Waals surface area contributed by atoms with Crippen molar-refractivity contribution in [3.63, 3.8) is 0 Å². The molecule has 1 unspecified atom stereocenters. The van der Waals surface area contributed by atoms with Gasteiger partial charge in [-0.2, -0.15) is 0 Å². The van der Waals surface area contributed by atoms with E-state index in [0.29, 0.717) is 18.3 Å². The normalized spacial score (nSPS) is 19.1. The number of amides is 1. The van der Waals surface area contributed by atoms with E-state index >= 15 is 0 Å². The number of hydrogen-bond donors (Lipinski definition) is 0. The van der Waals surface area contributed by atoms with Gasteiger partial charge < -0.3 is 9.47 Å². The van der Waals surface area contributed by atoms with E-state index in [0.717, 1.165) is 30.4 Å². The highest BCUT2D eigenvalue weighted by Gasteiger charge is 2.23. The molecule has 1 fully saturated rings. The van der Waals surface area contributed by atoms with Gasteiger partial charge in [0.15, 0.2) is 5.16 Å². The lowest BCUT2D eigenvalue weighted by atomic mass is 10.0. The van der Waals surface area contributed by atoms with E-state index < -0.39 is 0 Å². The van der Waals surface area contributed by atoms with Gasteiger partial charge in [0, 0.05) is 19.1 Å². The molecule has 2 rings (SSSR count). The maximum atomic E-state index is 12.3. The van der Waals surface area contributed by atoms with Gasteiger partial charge in [0.05, 0.1) is 5.75 Å². The van der Waals surface area contributed by atoms with Gasteiger partial charge in [-0.05, 0) is 33.1 Å². The first-order valence-electron chi connectivity index (χ1n) is 7.06. The molecule has 6 heteroatoms. The number of rotatable bonds is 5. The van der Waals surface area contributed by atoms with Crippen LogP contribution in [0.1, 0.15) is 32.0 Å². The topological polar surface area (TPSA) is 51.0 Å². The van der Waals surface area contributed by atoms with Gasteiger partial charge >= 0.3 is 0 Å². The quantitative estimate of drug-likeness (QED) is 0.617. The number of nitrogens with zero attached hydrogens (tertiary/aromatic N) is 4. The van der Waals surface area contributed by atoms with Crippen LogP contribution < -0.4 is 0 Å². The average Bonchev–Trinajstić information content (AvgIpc) is 2.78. The van der Waals surface area contributed by atoms with Crippen molar-refractivity contribution in [2.75, 3.05) is 12.3 Å². The molecule has 20 heavy (non-hydrogen) atoms. The largest absolute Gasteiger partial charge is 0.339 e. The van der Waals surface area contributed by atoms with Gasteiger partial charge in [0.2, 0.25) is 5.91 Å². The Morgan fingerprint density at radius 1 is 1.50 bits per heavy atom. The second kappa shape index (κ2) is 6.92. The van der Waals surface area contributed by atoms with Crippen molar-refractivity contribution in [1.82, 2.24) is 19.7 Å². The van der Waals surface area contributed by atoms with Crippen LogP contribution in [0.3, 0.4) is 0 Å². The van der Waals surface area contributed by atoms with E-state index in [9.17, 15) is 4.79 Å². The van der Waals surface area contributed by atoms with Crippen molar-refractivity contribution in [3.05, 3.63) is 18.5 Å². The lowest BCUT2D eigenvalue weighted by molar-refractivity contribution is -0.131. The first-order valence-corrected chi connectivity index (χ1v) is 8.05. The SMILES string of the molecule is C=CCn1c(C)nnc1SCC(=O)N1CCCCC1C. The van der Waals surface area contributed by atoms with Gasteiger partial charge in [-0.15, -0.1) is 16.8 Å². The van der Waals surface area contributed by atoms with Crippen LogP contribution in [0.4, 0.5) is 0 Å². The Bertz CT molecular complexity index is 486. The van der Waals surface area contributed by atoms with Crippen molar-refractivity contribution in [3.8, 4) is 0 Å². The molecule has 0 bridgehead atoms. The highest BCUT2D eigenvalue weighted by molar-refractivity contribution is 7.99. The molecule has 0 aliphatic carbocycles. The van der Waals surface area contributed by atoms with Crippen LogP contribution in [-0.2, 0) is 11.3 Å². The molecule has 1 amide bonds. The second-order valence-electron chi connectivity index (χ2n) is 5.15. The van der Waals surface area contributed by atoms with Crippen LogP contribution in [0, 0.1) is 6.92 Å². The number of aromatic nitrogens is 3. The molecule has 0 radical (unpaired) electrons. The Labute approximate surface area is 124 Å². The van der Waals surface area contributed by atoms with Crippen LogP contribution >= 0.6 is 11.8 Å². The Kier molecular flexibility index (Phi) is 5.23. The van der Waals surface area contributed by atoms with E-state index in [4.69, 9.17) is 0 Å². The summed E-state index contributed by atoms with van der Waals surface area (Å²) < 4.78 is 1.98. The Hall–Kier alpha value is -1.30. The molecule has 110 valence electrons. The molecule has 1 atom stereocenters. The number of carbonyl (C=O) groups is 1. The number of hydrogen-bond acceptors (Lipinski definition) is 4. The molecular formula is C14H22N4OS. The number of aryl methyl sites for hydroxylation is 1. The molecule has 1 saturated heterocycles. The van der Waals surface area contributed by atoms with Gasteiger partial charge in [-0.25, -0.2) is 0 Å². The highest BCUT2D eigenvalue weighted by Crippen LogP contribution is 2.21. The minimum absolute atomic E-state index is 0.202. The fraction of sp³-hybridized carbons (Fsp3) is 0.643. The maximum absolute atomic E-state index is 12.3. The van der Waals surface area contributed by atoms with Crippen molar-refractivity contribution < 1.29 is 4.79 Å². The van der Waals surface area contributed by atoms with Crippen molar-refractivity contribution >= 4 is 17.7 Å². The number of carbonyl (C=O) groups excluding carboxylic acids is 1. The van der Waals surface area contributed by atoms with E-state index in [1.807, 2.05) is 22.5 Å². The zero-order chi connectivity index (χ0) is 14.5. The summed E-state index contributed by atoms with van der Waals surface area (Å²) >= 11 is 1.46. The zero-order valence-corrected chi connectivity index (χ0v) is 13.0. The summed E-state index contributed by atoms with van der Waals surface area (Å²) in [6.07, 6.45) is 5.27. The Morgan fingerprint density at radius 2 is 2.30 bits per heavy atom. The molecule has 0 aromatic carbocycles. The first-order chi connectivity index (χ1) is 9.63. The summed E-state index contributed by atoms with van der Waals surface area (Å²) in [4.78, 5) is 14.3. The molecule has 0 spiro atoms. The molecular weight excluding hydrogens is 272 g/mol. The van der Waals surface area contributed by atoms with Crippen LogP contribution in [0.25, 0.3) is 0 Å². The van der Waals surface area contributed by atoms with Gasteiger partial charge in [-0.1, -0.05) is 17.8 Å². The average molecular weight is 294 g/mol. The van der Waals surface area contributed by atoms with Crippen molar-refractivity contribution in [2.45, 2.75) is 50.9 Å². The third kappa shape index (κ3) is 3.42. The third-order valence-corrected chi connectivity index (χ3v) is 4.61. The third-order valence-electron chi connectivity index (χ3n) is 3.66. The van der Waals surface area contributed by atoms with Crippen LogP contribution in [0.2, 0.25) is 0 Å². The number of thioether (sulfide) groups is 1. The van der Waals surface area contributed by atoms with Crippen LogP contribution in [-0.4, -0.2) is 43.9 Å².